The maximum Gasteiger partial charge on any atom is 0.338 e. The zero-order valence-electron chi connectivity index (χ0n) is 12.6. The fourth-order valence-electron chi connectivity index (χ4n) is 2.85. The van der Waals surface area contributed by atoms with Crippen molar-refractivity contribution in [2.75, 3.05) is 24.2 Å². The van der Waals surface area contributed by atoms with E-state index in [1.54, 1.807) is 0 Å². The molecule has 3 nitrogen and oxygen atoms in total. The summed E-state index contributed by atoms with van der Waals surface area (Å²) in [5, 5.41) is 9.52. The molecule has 0 radical (unpaired) electrons. The Morgan fingerprint density at radius 1 is 1.40 bits per heavy atom. The SMILES string of the molecule is CSc1cccc(N2CCC(C(C)(C)C)C2)c1C(=O)O. The van der Waals surface area contributed by atoms with E-state index in [4.69, 9.17) is 0 Å². The van der Waals surface area contributed by atoms with Gasteiger partial charge in [0.25, 0.3) is 0 Å². The number of carbonyl (C=O) groups is 1. The van der Waals surface area contributed by atoms with Gasteiger partial charge in [0.15, 0.2) is 0 Å². The molecule has 1 heterocycles. The molecule has 110 valence electrons. The number of benzene rings is 1. The van der Waals surface area contributed by atoms with Crippen LogP contribution in [0.3, 0.4) is 0 Å². The summed E-state index contributed by atoms with van der Waals surface area (Å²) in [5.41, 5.74) is 1.60. The van der Waals surface area contributed by atoms with Crippen LogP contribution in [0.25, 0.3) is 0 Å². The minimum atomic E-state index is -0.829. The minimum Gasteiger partial charge on any atom is -0.478 e. The first-order valence-electron chi connectivity index (χ1n) is 7.00. The van der Waals surface area contributed by atoms with Crippen molar-refractivity contribution in [3.05, 3.63) is 23.8 Å². The second-order valence-electron chi connectivity index (χ2n) is 6.46. The molecule has 1 fully saturated rings. The Labute approximate surface area is 125 Å². The Kier molecular flexibility index (Phi) is 4.33. The topological polar surface area (TPSA) is 40.5 Å². The van der Waals surface area contributed by atoms with Crippen molar-refractivity contribution in [1.29, 1.82) is 0 Å². The van der Waals surface area contributed by atoms with Gasteiger partial charge in [-0.05, 0) is 36.1 Å². The highest BCUT2D eigenvalue weighted by Crippen LogP contribution is 2.38. The number of hydrogen-bond acceptors (Lipinski definition) is 3. The van der Waals surface area contributed by atoms with E-state index < -0.39 is 5.97 Å². The van der Waals surface area contributed by atoms with Crippen LogP contribution in [0.2, 0.25) is 0 Å². The number of thioether (sulfide) groups is 1. The molecule has 0 aliphatic carbocycles. The van der Waals surface area contributed by atoms with Crippen LogP contribution in [-0.4, -0.2) is 30.4 Å². The van der Waals surface area contributed by atoms with E-state index in [2.05, 4.69) is 25.7 Å². The maximum absolute atomic E-state index is 11.6. The van der Waals surface area contributed by atoms with Crippen molar-refractivity contribution in [3.8, 4) is 0 Å². The summed E-state index contributed by atoms with van der Waals surface area (Å²) in [5.74, 6) is -0.216. The number of carboxylic acid groups (broad SMARTS) is 1. The Bertz CT molecular complexity index is 508. The van der Waals surface area contributed by atoms with Crippen molar-refractivity contribution >= 4 is 23.4 Å². The third kappa shape index (κ3) is 2.95. The van der Waals surface area contributed by atoms with Crippen LogP contribution in [0.4, 0.5) is 5.69 Å². The second kappa shape index (κ2) is 5.68. The monoisotopic (exact) mass is 293 g/mol. The van der Waals surface area contributed by atoms with Gasteiger partial charge >= 0.3 is 5.97 Å². The summed E-state index contributed by atoms with van der Waals surface area (Å²) in [6, 6.07) is 5.78. The standard InChI is InChI=1S/C16H23NO2S/c1-16(2,3)11-8-9-17(10-11)12-6-5-7-13(20-4)14(12)15(18)19/h5-7,11H,8-10H2,1-4H3,(H,18,19). The molecule has 1 atom stereocenters. The highest BCUT2D eigenvalue weighted by molar-refractivity contribution is 7.98. The lowest BCUT2D eigenvalue weighted by atomic mass is 9.80. The highest BCUT2D eigenvalue weighted by atomic mass is 32.2. The van der Waals surface area contributed by atoms with Gasteiger partial charge < -0.3 is 10.0 Å². The Morgan fingerprint density at radius 3 is 2.60 bits per heavy atom. The van der Waals surface area contributed by atoms with E-state index in [9.17, 15) is 9.90 Å². The van der Waals surface area contributed by atoms with Crippen LogP contribution >= 0.6 is 11.8 Å². The number of carboxylic acids is 1. The summed E-state index contributed by atoms with van der Waals surface area (Å²) in [7, 11) is 0. The zero-order valence-corrected chi connectivity index (χ0v) is 13.5. The molecule has 1 aliphatic rings. The summed E-state index contributed by atoms with van der Waals surface area (Å²) < 4.78 is 0. The lowest BCUT2D eigenvalue weighted by Crippen LogP contribution is -2.27. The van der Waals surface area contributed by atoms with Crippen molar-refractivity contribution in [1.82, 2.24) is 0 Å². The predicted octanol–water partition coefficient (Wildman–Crippen LogP) is 3.98. The molecule has 2 rings (SSSR count). The quantitative estimate of drug-likeness (QED) is 0.856. The molecule has 1 unspecified atom stereocenters. The molecule has 1 saturated heterocycles. The van der Waals surface area contributed by atoms with Crippen LogP contribution < -0.4 is 4.90 Å². The molecule has 1 N–H and O–H groups in total. The molecule has 0 aromatic heterocycles. The van der Waals surface area contributed by atoms with Crippen LogP contribution in [0.5, 0.6) is 0 Å². The normalized spacial score (nSPS) is 19.4. The van der Waals surface area contributed by atoms with Crippen LogP contribution in [0.15, 0.2) is 23.1 Å². The van der Waals surface area contributed by atoms with Gasteiger partial charge in [-0.1, -0.05) is 26.8 Å². The minimum absolute atomic E-state index is 0.273. The molecule has 20 heavy (non-hydrogen) atoms. The van der Waals surface area contributed by atoms with E-state index in [1.807, 2.05) is 24.5 Å². The average Bonchev–Trinajstić information content (AvgIpc) is 2.86. The van der Waals surface area contributed by atoms with Crippen molar-refractivity contribution in [2.45, 2.75) is 32.1 Å². The molecule has 0 amide bonds. The Balaban J connectivity index is 2.33. The fourth-order valence-corrected chi connectivity index (χ4v) is 3.46. The van der Waals surface area contributed by atoms with Crippen LogP contribution in [0, 0.1) is 11.3 Å². The van der Waals surface area contributed by atoms with E-state index >= 15 is 0 Å². The number of rotatable bonds is 3. The third-order valence-electron chi connectivity index (χ3n) is 4.19. The summed E-state index contributed by atoms with van der Waals surface area (Å²) in [6.45, 7) is 8.68. The van der Waals surface area contributed by atoms with E-state index in [0.29, 0.717) is 11.5 Å². The van der Waals surface area contributed by atoms with Crippen LogP contribution in [0.1, 0.15) is 37.6 Å². The molecule has 1 aromatic carbocycles. The van der Waals surface area contributed by atoms with E-state index in [-0.39, 0.29) is 5.41 Å². The maximum atomic E-state index is 11.6. The van der Waals surface area contributed by atoms with Gasteiger partial charge in [0.05, 0.1) is 11.3 Å². The first-order valence-corrected chi connectivity index (χ1v) is 8.22. The molecule has 4 heteroatoms. The lowest BCUT2D eigenvalue weighted by molar-refractivity contribution is 0.0694. The Morgan fingerprint density at radius 2 is 2.10 bits per heavy atom. The third-order valence-corrected chi connectivity index (χ3v) is 4.97. The number of hydrogen-bond donors (Lipinski definition) is 1. The van der Waals surface area contributed by atoms with Crippen LogP contribution in [-0.2, 0) is 0 Å². The Hall–Kier alpha value is -1.16. The number of nitrogens with zero attached hydrogens (tertiary/aromatic N) is 1. The molecule has 1 aromatic rings. The van der Waals surface area contributed by atoms with E-state index in [0.717, 1.165) is 30.1 Å². The molecule has 1 aliphatic heterocycles. The molecular weight excluding hydrogens is 270 g/mol. The molecule has 0 spiro atoms. The lowest BCUT2D eigenvalue weighted by Gasteiger charge is -2.28. The predicted molar refractivity (Wildman–Crippen MR) is 85.0 cm³/mol. The first-order chi connectivity index (χ1) is 9.34. The summed E-state index contributed by atoms with van der Waals surface area (Å²) in [6.07, 6.45) is 3.06. The molecule has 0 bridgehead atoms. The van der Waals surface area contributed by atoms with Gasteiger partial charge in [0.2, 0.25) is 0 Å². The fraction of sp³-hybridized carbons (Fsp3) is 0.562. The molecule has 0 saturated carbocycles. The first kappa shape index (κ1) is 15.2. The number of aromatic carboxylic acids is 1. The smallest absolute Gasteiger partial charge is 0.338 e. The van der Waals surface area contributed by atoms with Gasteiger partial charge in [-0.25, -0.2) is 4.79 Å². The van der Waals surface area contributed by atoms with E-state index in [1.165, 1.54) is 11.8 Å². The van der Waals surface area contributed by atoms with Gasteiger partial charge in [-0.3, -0.25) is 0 Å². The molecular formula is C16H23NO2S. The largest absolute Gasteiger partial charge is 0.478 e. The summed E-state index contributed by atoms with van der Waals surface area (Å²) >= 11 is 1.50. The van der Waals surface area contributed by atoms with Gasteiger partial charge in [0, 0.05) is 18.0 Å². The van der Waals surface area contributed by atoms with Gasteiger partial charge in [-0.15, -0.1) is 11.8 Å². The number of anilines is 1. The van der Waals surface area contributed by atoms with Crippen molar-refractivity contribution in [3.63, 3.8) is 0 Å². The average molecular weight is 293 g/mol. The second-order valence-corrected chi connectivity index (χ2v) is 7.31. The van der Waals surface area contributed by atoms with Crippen molar-refractivity contribution < 1.29 is 9.90 Å². The van der Waals surface area contributed by atoms with Gasteiger partial charge in [0.1, 0.15) is 0 Å². The van der Waals surface area contributed by atoms with Crippen molar-refractivity contribution in [2.24, 2.45) is 11.3 Å². The van der Waals surface area contributed by atoms with Gasteiger partial charge in [-0.2, -0.15) is 0 Å². The zero-order chi connectivity index (χ0) is 14.9. The highest BCUT2D eigenvalue weighted by Gasteiger charge is 2.33. The summed E-state index contributed by atoms with van der Waals surface area (Å²) in [4.78, 5) is 14.7.